The summed E-state index contributed by atoms with van der Waals surface area (Å²) in [6, 6.07) is 2.15. The zero-order valence-corrected chi connectivity index (χ0v) is 10.9. The molecule has 1 aromatic rings. The van der Waals surface area contributed by atoms with Gasteiger partial charge in [0.15, 0.2) is 0 Å². The molecule has 0 unspecified atom stereocenters. The van der Waals surface area contributed by atoms with Crippen LogP contribution in [0.2, 0.25) is 0 Å². The number of thiophene rings is 1. The zero-order valence-electron chi connectivity index (χ0n) is 8.54. The second-order valence-electron chi connectivity index (χ2n) is 4.18. The quantitative estimate of drug-likeness (QED) is 0.928. The van der Waals surface area contributed by atoms with Crippen LogP contribution in [0.5, 0.6) is 0 Å². The minimum atomic E-state index is 0.0581. The Morgan fingerprint density at radius 1 is 1.47 bits per heavy atom. The summed E-state index contributed by atoms with van der Waals surface area (Å²) in [7, 11) is 0. The average molecular weight is 291 g/mol. The lowest BCUT2D eigenvalue weighted by Crippen LogP contribution is -2.34. The van der Waals surface area contributed by atoms with Crippen LogP contribution in [0.1, 0.15) is 17.7 Å². The molecular formula is C11H15BrO2S. The number of rotatable bonds is 3. The summed E-state index contributed by atoms with van der Waals surface area (Å²) in [5.74, 6) is 0. The predicted octanol–water partition coefficient (Wildman–Crippen LogP) is 2.84. The van der Waals surface area contributed by atoms with Gasteiger partial charge in [0.2, 0.25) is 0 Å². The maximum absolute atomic E-state index is 9.55. The maximum Gasteiger partial charge on any atom is 0.0492 e. The Kier molecular flexibility index (Phi) is 3.83. The summed E-state index contributed by atoms with van der Waals surface area (Å²) in [5.41, 5.74) is 0.0581. The Labute approximate surface area is 102 Å². The monoisotopic (exact) mass is 290 g/mol. The standard InChI is InChI=1S/C11H15BrO2S/c12-9-5-10(15-7-9)6-11(8-13)1-3-14-4-2-11/h5,7,13H,1-4,6,8H2. The fraction of sp³-hybridized carbons (Fsp3) is 0.636. The Balaban J connectivity index is 2.06. The molecule has 0 atom stereocenters. The van der Waals surface area contributed by atoms with Gasteiger partial charge < -0.3 is 9.84 Å². The first-order chi connectivity index (χ1) is 7.24. The summed E-state index contributed by atoms with van der Waals surface area (Å²) < 4.78 is 6.49. The van der Waals surface area contributed by atoms with Crippen LogP contribution in [-0.2, 0) is 11.2 Å². The summed E-state index contributed by atoms with van der Waals surface area (Å²) in [4.78, 5) is 1.35. The van der Waals surface area contributed by atoms with E-state index < -0.39 is 0 Å². The molecule has 1 aromatic heterocycles. The molecular weight excluding hydrogens is 276 g/mol. The van der Waals surface area contributed by atoms with E-state index in [0.717, 1.165) is 36.9 Å². The van der Waals surface area contributed by atoms with Crippen molar-refractivity contribution in [2.24, 2.45) is 5.41 Å². The van der Waals surface area contributed by atoms with Crippen LogP contribution < -0.4 is 0 Å². The van der Waals surface area contributed by atoms with E-state index in [9.17, 15) is 5.11 Å². The van der Waals surface area contributed by atoms with Crippen LogP contribution in [0, 0.1) is 5.41 Å². The fourth-order valence-electron chi connectivity index (χ4n) is 2.01. The number of halogens is 1. The van der Waals surface area contributed by atoms with E-state index in [1.165, 1.54) is 4.88 Å². The molecule has 15 heavy (non-hydrogen) atoms. The lowest BCUT2D eigenvalue weighted by Gasteiger charge is -2.35. The Morgan fingerprint density at radius 3 is 2.73 bits per heavy atom. The highest BCUT2D eigenvalue weighted by Crippen LogP contribution is 2.36. The largest absolute Gasteiger partial charge is 0.396 e. The van der Waals surface area contributed by atoms with E-state index in [-0.39, 0.29) is 12.0 Å². The van der Waals surface area contributed by atoms with Crippen molar-refractivity contribution in [3.63, 3.8) is 0 Å². The second kappa shape index (κ2) is 4.95. The SMILES string of the molecule is OCC1(Cc2cc(Br)cs2)CCOCC1. The average Bonchev–Trinajstić information content (AvgIpc) is 2.65. The Bertz CT molecular complexity index is 318. The highest BCUT2D eigenvalue weighted by molar-refractivity contribution is 9.10. The predicted molar refractivity (Wildman–Crippen MR) is 65.3 cm³/mol. The van der Waals surface area contributed by atoms with Crippen molar-refractivity contribution in [2.75, 3.05) is 19.8 Å². The van der Waals surface area contributed by atoms with Crippen molar-refractivity contribution < 1.29 is 9.84 Å². The Morgan fingerprint density at radius 2 is 2.20 bits per heavy atom. The smallest absolute Gasteiger partial charge is 0.0492 e. The molecule has 0 spiro atoms. The van der Waals surface area contributed by atoms with Crippen LogP contribution in [0.15, 0.2) is 15.9 Å². The van der Waals surface area contributed by atoms with Crippen molar-refractivity contribution >= 4 is 27.3 Å². The molecule has 1 aliphatic heterocycles. The minimum absolute atomic E-state index is 0.0581. The van der Waals surface area contributed by atoms with E-state index in [1.54, 1.807) is 11.3 Å². The molecule has 4 heteroatoms. The number of ether oxygens (including phenoxy) is 1. The first-order valence-corrected chi connectivity index (χ1v) is 6.83. The first kappa shape index (κ1) is 11.6. The van der Waals surface area contributed by atoms with Crippen molar-refractivity contribution in [1.82, 2.24) is 0 Å². The van der Waals surface area contributed by atoms with Gasteiger partial charge in [0.05, 0.1) is 0 Å². The topological polar surface area (TPSA) is 29.5 Å². The molecule has 1 saturated heterocycles. The lowest BCUT2D eigenvalue weighted by atomic mass is 9.78. The molecule has 0 amide bonds. The fourth-order valence-corrected chi connectivity index (χ4v) is 3.64. The normalized spacial score (nSPS) is 20.4. The van der Waals surface area contributed by atoms with Gasteiger partial charge in [0, 0.05) is 40.0 Å². The van der Waals surface area contributed by atoms with Gasteiger partial charge in [-0.3, -0.25) is 0 Å². The summed E-state index contributed by atoms with van der Waals surface area (Å²) in [5, 5.41) is 11.6. The van der Waals surface area contributed by atoms with Crippen molar-refractivity contribution in [2.45, 2.75) is 19.3 Å². The third-order valence-electron chi connectivity index (χ3n) is 3.06. The first-order valence-electron chi connectivity index (χ1n) is 5.16. The molecule has 1 N–H and O–H groups in total. The highest BCUT2D eigenvalue weighted by atomic mass is 79.9. The number of hydrogen-bond donors (Lipinski definition) is 1. The van der Waals surface area contributed by atoms with Gasteiger partial charge in [0.25, 0.3) is 0 Å². The van der Waals surface area contributed by atoms with Gasteiger partial charge >= 0.3 is 0 Å². The molecule has 2 nitrogen and oxygen atoms in total. The van der Waals surface area contributed by atoms with Gasteiger partial charge in [-0.15, -0.1) is 11.3 Å². The molecule has 1 fully saturated rings. The lowest BCUT2D eigenvalue weighted by molar-refractivity contribution is -0.0153. The van der Waals surface area contributed by atoms with Gasteiger partial charge in [-0.1, -0.05) is 0 Å². The van der Waals surface area contributed by atoms with E-state index in [4.69, 9.17) is 4.74 Å². The minimum Gasteiger partial charge on any atom is -0.396 e. The maximum atomic E-state index is 9.55. The molecule has 0 radical (unpaired) electrons. The highest BCUT2D eigenvalue weighted by Gasteiger charge is 2.32. The molecule has 0 bridgehead atoms. The van der Waals surface area contributed by atoms with Gasteiger partial charge in [0.1, 0.15) is 0 Å². The third kappa shape index (κ3) is 2.81. The van der Waals surface area contributed by atoms with Crippen LogP contribution in [-0.4, -0.2) is 24.9 Å². The van der Waals surface area contributed by atoms with Gasteiger partial charge in [-0.25, -0.2) is 0 Å². The van der Waals surface area contributed by atoms with E-state index in [0.29, 0.717) is 0 Å². The van der Waals surface area contributed by atoms with Crippen LogP contribution in [0.3, 0.4) is 0 Å². The molecule has 0 aliphatic carbocycles. The summed E-state index contributed by atoms with van der Waals surface area (Å²) in [6.45, 7) is 1.84. The molecule has 1 aliphatic rings. The van der Waals surface area contributed by atoms with Gasteiger partial charge in [-0.05, 0) is 41.3 Å². The summed E-state index contributed by atoms with van der Waals surface area (Å²) >= 11 is 5.22. The number of hydrogen-bond acceptors (Lipinski definition) is 3. The molecule has 2 heterocycles. The second-order valence-corrected chi connectivity index (χ2v) is 6.09. The Hall–Kier alpha value is 0.1000. The molecule has 2 rings (SSSR count). The van der Waals surface area contributed by atoms with Crippen molar-refractivity contribution in [3.8, 4) is 0 Å². The molecule has 0 aromatic carbocycles. The van der Waals surface area contributed by atoms with Gasteiger partial charge in [-0.2, -0.15) is 0 Å². The van der Waals surface area contributed by atoms with Crippen LogP contribution >= 0.6 is 27.3 Å². The molecule has 84 valence electrons. The van der Waals surface area contributed by atoms with Crippen LogP contribution in [0.25, 0.3) is 0 Å². The number of aliphatic hydroxyl groups is 1. The van der Waals surface area contributed by atoms with E-state index >= 15 is 0 Å². The van der Waals surface area contributed by atoms with Crippen molar-refractivity contribution in [1.29, 1.82) is 0 Å². The van der Waals surface area contributed by atoms with E-state index in [2.05, 4.69) is 27.4 Å². The van der Waals surface area contributed by atoms with E-state index in [1.807, 2.05) is 0 Å². The van der Waals surface area contributed by atoms with Crippen molar-refractivity contribution in [3.05, 3.63) is 20.8 Å². The zero-order chi connectivity index (χ0) is 10.7. The van der Waals surface area contributed by atoms with Crippen LogP contribution in [0.4, 0.5) is 0 Å². The number of aliphatic hydroxyl groups excluding tert-OH is 1. The third-order valence-corrected chi connectivity index (χ3v) is 4.76. The molecule has 0 saturated carbocycles. The summed E-state index contributed by atoms with van der Waals surface area (Å²) in [6.07, 6.45) is 2.92.